The van der Waals surface area contributed by atoms with E-state index in [1.165, 1.54) is 22.2 Å². The average Bonchev–Trinajstić information content (AvgIpc) is 2.72. The van der Waals surface area contributed by atoms with Gasteiger partial charge in [0.25, 0.3) is 0 Å². The number of ether oxygens (including phenoxy) is 1. The molecule has 0 N–H and O–H groups in total. The molecule has 0 aromatic heterocycles. The van der Waals surface area contributed by atoms with Gasteiger partial charge in [-0.05, 0) is 51.2 Å². The lowest BCUT2D eigenvalue weighted by Gasteiger charge is -2.16. The Morgan fingerprint density at radius 2 is 1.33 bits per heavy atom. The summed E-state index contributed by atoms with van der Waals surface area (Å²) >= 11 is 0. The lowest BCUT2D eigenvalue weighted by molar-refractivity contribution is -0.137. The molecule has 0 amide bonds. The fourth-order valence-electron chi connectivity index (χ4n) is 3.60. The van der Waals surface area contributed by atoms with E-state index in [4.69, 9.17) is 4.74 Å². The van der Waals surface area contributed by atoms with Crippen LogP contribution < -0.4 is 0 Å². The van der Waals surface area contributed by atoms with Gasteiger partial charge in [-0.1, -0.05) is 78.9 Å². The van der Waals surface area contributed by atoms with Crippen LogP contribution in [-0.4, -0.2) is 12.6 Å². The van der Waals surface area contributed by atoms with E-state index in [0.717, 1.165) is 22.1 Å². The van der Waals surface area contributed by atoms with Crippen LogP contribution in [0.1, 0.15) is 12.5 Å². The van der Waals surface area contributed by atoms with Gasteiger partial charge in [-0.15, -0.1) is 0 Å². The first kappa shape index (κ1) is 17.0. The van der Waals surface area contributed by atoms with Gasteiger partial charge in [0.2, 0.25) is 0 Å². The Bertz CT molecular complexity index is 1140. The van der Waals surface area contributed by atoms with Crippen LogP contribution in [0.15, 0.2) is 84.9 Å². The number of benzene rings is 4. The zero-order valence-corrected chi connectivity index (χ0v) is 15.2. The summed E-state index contributed by atoms with van der Waals surface area (Å²) in [4.78, 5) is 12.0. The van der Waals surface area contributed by atoms with Crippen LogP contribution in [-0.2, 0) is 9.53 Å². The van der Waals surface area contributed by atoms with E-state index in [0.29, 0.717) is 6.61 Å². The van der Waals surface area contributed by atoms with Crippen LogP contribution in [0.2, 0.25) is 0 Å². The molecule has 0 saturated heterocycles. The molecule has 0 saturated carbocycles. The van der Waals surface area contributed by atoms with Crippen molar-refractivity contribution in [1.29, 1.82) is 0 Å². The maximum absolute atomic E-state index is 12.0. The van der Waals surface area contributed by atoms with E-state index < -0.39 is 0 Å². The Labute approximate surface area is 158 Å². The molecule has 0 atom stereocenters. The Hall–Kier alpha value is -3.39. The van der Waals surface area contributed by atoms with E-state index in [2.05, 4.69) is 54.6 Å². The SMILES string of the molecule is CCOC(=O)/C=C/c1c(-c2ccccc2)c2ccccc2c2ccccc12. The summed E-state index contributed by atoms with van der Waals surface area (Å²) in [5, 5.41) is 4.68. The molecule has 132 valence electrons. The monoisotopic (exact) mass is 352 g/mol. The van der Waals surface area contributed by atoms with Gasteiger partial charge in [0.05, 0.1) is 6.61 Å². The summed E-state index contributed by atoms with van der Waals surface area (Å²) in [6.45, 7) is 2.18. The number of hydrogen-bond acceptors (Lipinski definition) is 2. The van der Waals surface area contributed by atoms with Crippen molar-refractivity contribution in [3.8, 4) is 11.1 Å². The van der Waals surface area contributed by atoms with Gasteiger partial charge in [-0.2, -0.15) is 0 Å². The first-order valence-corrected chi connectivity index (χ1v) is 9.13. The molecule has 0 aliphatic rings. The molecule has 2 nitrogen and oxygen atoms in total. The van der Waals surface area contributed by atoms with E-state index in [1.807, 2.05) is 37.3 Å². The predicted octanol–water partition coefficient (Wildman–Crippen LogP) is 6.24. The quantitative estimate of drug-likeness (QED) is 0.247. The molecular weight excluding hydrogens is 332 g/mol. The zero-order valence-electron chi connectivity index (χ0n) is 15.2. The van der Waals surface area contributed by atoms with Crippen LogP contribution in [0.25, 0.3) is 38.7 Å². The van der Waals surface area contributed by atoms with Gasteiger partial charge < -0.3 is 4.74 Å². The Morgan fingerprint density at radius 3 is 2.00 bits per heavy atom. The minimum Gasteiger partial charge on any atom is -0.463 e. The van der Waals surface area contributed by atoms with E-state index >= 15 is 0 Å². The van der Waals surface area contributed by atoms with Crippen molar-refractivity contribution in [3.63, 3.8) is 0 Å². The second-order valence-electron chi connectivity index (χ2n) is 6.33. The number of carbonyl (C=O) groups excluding carboxylic acids is 1. The first-order valence-electron chi connectivity index (χ1n) is 9.13. The predicted molar refractivity (Wildman–Crippen MR) is 113 cm³/mol. The number of rotatable bonds is 4. The largest absolute Gasteiger partial charge is 0.463 e. The molecule has 0 spiro atoms. The lowest BCUT2D eigenvalue weighted by Crippen LogP contribution is -1.99. The highest BCUT2D eigenvalue weighted by Gasteiger charge is 2.14. The van der Waals surface area contributed by atoms with Crippen LogP contribution in [0, 0.1) is 0 Å². The van der Waals surface area contributed by atoms with Crippen molar-refractivity contribution in [3.05, 3.63) is 90.5 Å². The van der Waals surface area contributed by atoms with Crippen molar-refractivity contribution >= 4 is 33.6 Å². The Morgan fingerprint density at radius 1 is 0.778 bits per heavy atom. The first-order chi connectivity index (χ1) is 13.3. The van der Waals surface area contributed by atoms with Crippen molar-refractivity contribution in [2.45, 2.75) is 6.92 Å². The lowest BCUT2D eigenvalue weighted by atomic mass is 9.88. The third kappa shape index (κ3) is 3.22. The minimum absolute atomic E-state index is 0.325. The standard InChI is InChI=1S/C25H20O2/c1-2-27-24(26)17-16-23-21-14-7-6-12-19(21)20-13-8-9-15-22(20)25(23)18-10-4-3-5-11-18/h3-17H,2H2,1H3/b17-16+. The maximum Gasteiger partial charge on any atom is 0.330 e. The van der Waals surface area contributed by atoms with Crippen molar-refractivity contribution in [2.75, 3.05) is 6.61 Å². The summed E-state index contributed by atoms with van der Waals surface area (Å²) in [5.41, 5.74) is 3.29. The fourth-order valence-corrected chi connectivity index (χ4v) is 3.60. The fraction of sp³-hybridized carbons (Fsp3) is 0.0800. The summed E-state index contributed by atoms with van der Waals surface area (Å²) in [7, 11) is 0. The molecule has 0 unspecified atom stereocenters. The molecule has 0 aliphatic heterocycles. The van der Waals surface area contributed by atoms with E-state index in [9.17, 15) is 4.79 Å². The molecule has 4 rings (SSSR count). The van der Waals surface area contributed by atoms with Gasteiger partial charge in [0.1, 0.15) is 0 Å². The molecule has 0 bridgehead atoms. The summed E-state index contributed by atoms with van der Waals surface area (Å²) in [6, 6.07) is 27.1. The smallest absolute Gasteiger partial charge is 0.330 e. The minimum atomic E-state index is -0.325. The number of carbonyl (C=O) groups is 1. The zero-order chi connectivity index (χ0) is 18.6. The molecule has 4 aromatic carbocycles. The second kappa shape index (κ2) is 7.46. The highest BCUT2D eigenvalue weighted by Crippen LogP contribution is 2.39. The average molecular weight is 352 g/mol. The highest BCUT2D eigenvalue weighted by molar-refractivity contribution is 6.18. The molecule has 0 aliphatic carbocycles. The van der Waals surface area contributed by atoms with Crippen LogP contribution >= 0.6 is 0 Å². The summed E-state index contributed by atoms with van der Waals surface area (Å²) in [5.74, 6) is -0.325. The maximum atomic E-state index is 12.0. The normalized spacial score (nSPS) is 11.3. The van der Waals surface area contributed by atoms with Crippen molar-refractivity contribution in [1.82, 2.24) is 0 Å². The van der Waals surface area contributed by atoms with Crippen LogP contribution in [0.3, 0.4) is 0 Å². The van der Waals surface area contributed by atoms with Gasteiger partial charge in [-0.3, -0.25) is 0 Å². The summed E-state index contributed by atoms with van der Waals surface area (Å²) in [6.07, 6.45) is 3.40. The molecule has 0 heterocycles. The molecule has 4 aromatic rings. The third-order valence-electron chi connectivity index (χ3n) is 4.71. The Balaban J connectivity index is 2.10. The van der Waals surface area contributed by atoms with Gasteiger partial charge in [0, 0.05) is 6.08 Å². The molecule has 0 radical (unpaired) electrons. The van der Waals surface area contributed by atoms with Crippen molar-refractivity contribution < 1.29 is 9.53 Å². The Kier molecular flexibility index (Phi) is 4.71. The van der Waals surface area contributed by atoms with Crippen LogP contribution in [0.5, 0.6) is 0 Å². The van der Waals surface area contributed by atoms with Gasteiger partial charge in [-0.25, -0.2) is 4.79 Å². The number of fused-ring (bicyclic) bond motifs is 3. The number of esters is 1. The number of hydrogen-bond donors (Lipinski definition) is 0. The molecule has 2 heteroatoms. The van der Waals surface area contributed by atoms with Crippen LogP contribution in [0.4, 0.5) is 0 Å². The summed E-state index contributed by atoms with van der Waals surface area (Å²) < 4.78 is 5.08. The molecule has 0 fully saturated rings. The van der Waals surface area contributed by atoms with Crippen molar-refractivity contribution in [2.24, 2.45) is 0 Å². The topological polar surface area (TPSA) is 26.3 Å². The van der Waals surface area contributed by atoms with Gasteiger partial charge in [0.15, 0.2) is 0 Å². The van der Waals surface area contributed by atoms with E-state index in [1.54, 1.807) is 0 Å². The highest BCUT2D eigenvalue weighted by atomic mass is 16.5. The van der Waals surface area contributed by atoms with Gasteiger partial charge >= 0.3 is 5.97 Å². The molecular formula is C25H20O2. The second-order valence-corrected chi connectivity index (χ2v) is 6.33. The van der Waals surface area contributed by atoms with E-state index in [-0.39, 0.29) is 5.97 Å². The molecule has 27 heavy (non-hydrogen) atoms. The third-order valence-corrected chi connectivity index (χ3v) is 4.71.